The molecule has 0 bridgehead atoms. The van der Waals surface area contributed by atoms with Gasteiger partial charge in [0.1, 0.15) is 23.9 Å². The Balaban J connectivity index is 2.16. The van der Waals surface area contributed by atoms with E-state index < -0.39 is 52.6 Å². The second-order valence-electron chi connectivity index (χ2n) is 9.85. The van der Waals surface area contributed by atoms with Gasteiger partial charge in [-0.3, -0.25) is 14.4 Å². The molecule has 0 saturated carbocycles. The third kappa shape index (κ3) is 9.79. The summed E-state index contributed by atoms with van der Waals surface area (Å²) < 4.78 is -1.09. The number of phenols is 1. The molecule has 3 amide bonds. The molecular weight excluding hydrogens is 540 g/mol. The lowest BCUT2D eigenvalue weighted by atomic mass is 10.00. The number of hydrogen-bond donors (Lipinski definition) is 8. The Kier molecular flexibility index (Phi) is 11.7. The van der Waals surface area contributed by atoms with Gasteiger partial charge in [0, 0.05) is 16.9 Å². The second-order valence-corrected chi connectivity index (χ2v) is 11.4. The van der Waals surface area contributed by atoms with Crippen LogP contribution in [0.2, 0.25) is 0 Å². The van der Waals surface area contributed by atoms with Crippen molar-refractivity contribution in [1.29, 1.82) is 0 Å². The summed E-state index contributed by atoms with van der Waals surface area (Å²) in [5, 5.41) is 26.8. The molecule has 0 aliphatic carbocycles. The summed E-state index contributed by atoms with van der Waals surface area (Å²) in [5.41, 5.74) is 8.34. The van der Waals surface area contributed by atoms with Crippen molar-refractivity contribution in [1.82, 2.24) is 16.0 Å². The Morgan fingerprint density at radius 1 is 0.923 bits per heavy atom. The van der Waals surface area contributed by atoms with Gasteiger partial charge in [-0.15, -0.1) is 0 Å². The fraction of sp³-hybridized carbons (Fsp3) is 0.407. The van der Waals surface area contributed by atoms with Crippen molar-refractivity contribution in [2.24, 2.45) is 5.73 Å². The first kappa shape index (κ1) is 32.0. The predicted octanol–water partition coefficient (Wildman–Crippen LogP) is 0.990. The van der Waals surface area contributed by atoms with Crippen LogP contribution in [0.3, 0.4) is 0 Å². The number of phenolic OH excluding ortho intramolecular Hbond substituents is 1. The van der Waals surface area contributed by atoms with Crippen LogP contribution in [0.15, 0.2) is 48.5 Å². The number of carboxylic acids is 1. The molecule has 0 aliphatic rings. The number of aryl methyl sites for hydroxylation is 1. The zero-order valence-corrected chi connectivity index (χ0v) is 23.8. The summed E-state index contributed by atoms with van der Waals surface area (Å²) in [6.07, 6.45) is 0.249. The first-order valence-corrected chi connectivity index (χ1v) is 13.4. The van der Waals surface area contributed by atoms with Gasteiger partial charge < -0.3 is 31.9 Å². The lowest BCUT2D eigenvalue weighted by molar-refractivity contribution is -0.143. The van der Waals surface area contributed by atoms with E-state index >= 15 is 0 Å². The van der Waals surface area contributed by atoms with Crippen molar-refractivity contribution in [3.8, 4) is 5.75 Å². The summed E-state index contributed by atoms with van der Waals surface area (Å²) in [5.74, 6) is -3.24. The van der Waals surface area contributed by atoms with E-state index in [4.69, 9.17) is 5.73 Å². The Hall–Kier alpha value is -3.22. The highest BCUT2D eigenvalue weighted by Crippen LogP contribution is 2.19. The van der Waals surface area contributed by atoms with Gasteiger partial charge in [-0.25, -0.2) is 4.79 Å². The van der Waals surface area contributed by atoms with Crippen LogP contribution in [0, 0.1) is 6.92 Å². The van der Waals surface area contributed by atoms with Crippen LogP contribution < -0.4 is 21.7 Å². The molecule has 0 spiro atoms. The normalized spacial score (nSPS) is 14.4. The highest BCUT2D eigenvalue weighted by molar-refractivity contribution is 7.81. The van der Waals surface area contributed by atoms with Crippen LogP contribution in [0.1, 0.15) is 30.5 Å². The third-order valence-electron chi connectivity index (χ3n) is 6.07. The maximum absolute atomic E-state index is 13.2. The minimum absolute atomic E-state index is 0.0740. The van der Waals surface area contributed by atoms with Crippen LogP contribution in [0.4, 0.5) is 0 Å². The van der Waals surface area contributed by atoms with Gasteiger partial charge in [0.15, 0.2) is 0 Å². The van der Waals surface area contributed by atoms with Gasteiger partial charge in [0.05, 0.1) is 6.04 Å². The van der Waals surface area contributed by atoms with Crippen LogP contribution in [0.25, 0.3) is 0 Å². The summed E-state index contributed by atoms with van der Waals surface area (Å²) >= 11 is 8.47. The topological polar surface area (TPSA) is 171 Å². The van der Waals surface area contributed by atoms with Crippen molar-refractivity contribution < 1.29 is 29.4 Å². The van der Waals surface area contributed by atoms with Gasteiger partial charge >= 0.3 is 5.97 Å². The number of rotatable bonds is 13. The molecule has 12 heteroatoms. The molecule has 212 valence electrons. The number of hydrogen-bond acceptors (Lipinski definition) is 8. The van der Waals surface area contributed by atoms with Gasteiger partial charge in [0.25, 0.3) is 0 Å². The number of nitrogens with two attached hydrogens (primary N) is 1. The number of thiol groups is 2. The van der Waals surface area contributed by atoms with E-state index in [-0.39, 0.29) is 24.3 Å². The number of carbonyl (C=O) groups excluding carboxylic acids is 3. The zero-order valence-electron chi connectivity index (χ0n) is 22.0. The largest absolute Gasteiger partial charge is 0.508 e. The Labute approximate surface area is 238 Å². The number of benzene rings is 2. The van der Waals surface area contributed by atoms with E-state index in [1.165, 1.54) is 6.07 Å². The number of amides is 3. The highest BCUT2D eigenvalue weighted by atomic mass is 32.1. The van der Waals surface area contributed by atoms with Gasteiger partial charge in [-0.05, 0) is 56.0 Å². The molecular formula is C27H36N4O6S2. The molecule has 0 radical (unpaired) electrons. The fourth-order valence-corrected chi connectivity index (χ4v) is 4.26. The SMILES string of the molecule is Cc1cc(O)ccc1C[C@H](N)C(=O)N[C@H](CS)C(=O)N[C@@H](Cc1ccccc1)C(=O)N[C@@H](C(=O)O)C(C)(C)S. The van der Waals surface area contributed by atoms with Crippen molar-refractivity contribution in [3.05, 3.63) is 65.2 Å². The van der Waals surface area contributed by atoms with Crippen molar-refractivity contribution in [2.75, 3.05) is 5.75 Å². The van der Waals surface area contributed by atoms with Crippen LogP contribution in [-0.4, -0.2) is 68.6 Å². The van der Waals surface area contributed by atoms with E-state index in [1.54, 1.807) is 63.2 Å². The molecule has 2 aromatic rings. The van der Waals surface area contributed by atoms with Gasteiger partial charge in [0.2, 0.25) is 17.7 Å². The van der Waals surface area contributed by atoms with E-state index in [0.717, 1.165) is 16.7 Å². The summed E-state index contributed by atoms with van der Waals surface area (Å²) in [6, 6.07) is 9.04. The Morgan fingerprint density at radius 3 is 2.05 bits per heavy atom. The maximum atomic E-state index is 13.2. The van der Waals surface area contributed by atoms with Gasteiger partial charge in [-0.2, -0.15) is 25.3 Å². The summed E-state index contributed by atoms with van der Waals surface area (Å²) in [7, 11) is 0. The predicted molar refractivity (Wildman–Crippen MR) is 155 cm³/mol. The van der Waals surface area contributed by atoms with Crippen LogP contribution >= 0.6 is 25.3 Å². The van der Waals surface area contributed by atoms with Crippen LogP contribution in [0.5, 0.6) is 5.75 Å². The zero-order chi connectivity index (χ0) is 29.3. The average Bonchev–Trinajstić information content (AvgIpc) is 2.86. The minimum Gasteiger partial charge on any atom is -0.508 e. The monoisotopic (exact) mass is 576 g/mol. The van der Waals surface area contributed by atoms with E-state index in [2.05, 4.69) is 41.2 Å². The average molecular weight is 577 g/mol. The lowest BCUT2D eigenvalue weighted by Gasteiger charge is -2.29. The summed E-state index contributed by atoms with van der Waals surface area (Å²) in [4.78, 5) is 50.9. The molecule has 10 nitrogen and oxygen atoms in total. The van der Waals surface area contributed by atoms with Gasteiger partial charge in [-0.1, -0.05) is 36.4 Å². The standard InChI is InChI=1S/C27H36N4O6S2/c1-15-11-18(32)10-9-17(15)13-19(28)23(33)30-21(14-38)25(35)29-20(12-16-7-5-4-6-8-16)24(34)31-22(26(36)37)27(2,3)39/h4-11,19-22,32,38-39H,12-14,28H2,1-3H3,(H,29,35)(H,30,33)(H,31,34)(H,36,37)/t19-,20-,21+,22-/m0/s1. The molecule has 0 saturated heterocycles. The molecule has 7 N–H and O–H groups in total. The first-order chi connectivity index (χ1) is 18.2. The molecule has 0 heterocycles. The second kappa shape index (κ2) is 14.2. The van der Waals surface area contributed by atoms with Crippen molar-refractivity contribution in [3.63, 3.8) is 0 Å². The molecule has 0 unspecified atom stereocenters. The number of aliphatic carboxylic acids is 1. The van der Waals surface area contributed by atoms with Crippen molar-refractivity contribution >= 4 is 48.9 Å². The maximum Gasteiger partial charge on any atom is 0.327 e. The molecule has 0 fully saturated rings. The number of nitrogens with one attached hydrogen (secondary N) is 3. The van der Waals surface area contributed by atoms with E-state index in [9.17, 15) is 29.4 Å². The molecule has 39 heavy (non-hydrogen) atoms. The summed E-state index contributed by atoms with van der Waals surface area (Å²) in [6.45, 7) is 4.88. The minimum atomic E-state index is -1.33. The quantitative estimate of drug-likeness (QED) is 0.164. The number of carboxylic acid groups (broad SMARTS) is 1. The smallest absolute Gasteiger partial charge is 0.327 e. The highest BCUT2D eigenvalue weighted by Gasteiger charge is 2.36. The van der Waals surface area contributed by atoms with Crippen LogP contribution in [-0.2, 0) is 32.0 Å². The molecule has 0 aliphatic heterocycles. The van der Waals surface area contributed by atoms with Crippen molar-refractivity contribution in [2.45, 2.75) is 62.5 Å². The van der Waals surface area contributed by atoms with E-state index in [0.29, 0.717) is 0 Å². The molecule has 4 atom stereocenters. The number of aromatic hydroxyl groups is 1. The lowest BCUT2D eigenvalue weighted by Crippen LogP contribution is -2.60. The molecule has 0 aromatic heterocycles. The third-order valence-corrected chi connectivity index (χ3v) is 6.70. The fourth-order valence-electron chi connectivity index (χ4n) is 3.83. The van der Waals surface area contributed by atoms with E-state index in [1.807, 2.05) is 0 Å². The molecule has 2 aromatic carbocycles. The first-order valence-electron chi connectivity index (χ1n) is 12.3. The number of carbonyl (C=O) groups is 4. The Bertz CT molecular complexity index is 1170. The Morgan fingerprint density at radius 2 is 1.51 bits per heavy atom. The molecule has 2 rings (SSSR count).